The average Bonchev–Trinajstić information content (AvgIpc) is 2.54. The number of para-hydroxylation sites is 1. The smallest absolute Gasteiger partial charge is 0.261 e. The topological polar surface area (TPSA) is 64.0 Å². The molecule has 5 nitrogen and oxygen atoms in total. The van der Waals surface area contributed by atoms with Gasteiger partial charge in [0.1, 0.15) is 6.04 Å². The van der Waals surface area contributed by atoms with Crippen molar-refractivity contribution < 1.29 is 4.79 Å². The molecule has 0 radical (unpaired) electrons. The van der Waals surface area contributed by atoms with Crippen LogP contribution in [0.15, 0.2) is 53.6 Å². The standard InChI is InChI=1S/C17H13Cl2N3O2/c1-10(16(23)21-13-7-11(18)6-12(19)8-13)22-9-20-15-5-3-2-4-14(15)17(22)24/h2-10H,1H3,(H,21,23)/t10-/m0/s1. The van der Waals surface area contributed by atoms with Crippen molar-refractivity contribution in [3.05, 3.63) is 69.2 Å². The van der Waals surface area contributed by atoms with E-state index in [0.717, 1.165) is 0 Å². The molecule has 2 aromatic carbocycles. The number of hydrogen-bond donors (Lipinski definition) is 1. The van der Waals surface area contributed by atoms with Gasteiger partial charge in [-0.25, -0.2) is 4.98 Å². The minimum absolute atomic E-state index is 0.271. The molecule has 1 aromatic heterocycles. The van der Waals surface area contributed by atoms with Crippen LogP contribution in [-0.4, -0.2) is 15.5 Å². The Balaban J connectivity index is 1.91. The fourth-order valence-electron chi connectivity index (χ4n) is 2.36. The number of anilines is 1. The van der Waals surface area contributed by atoms with Crippen LogP contribution in [0.1, 0.15) is 13.0 Å². The third-order valence-corrected chi connectivity index (χ3v) is 4.05. The molecule has 122 valence electrons. The van der Waals surface area contributed by atoms with Gasteiger partial charge in [0.25, 0.3) is 5.56 Å². The van der Waals surface area contributed by atoms with Crippen molar-refractivity contribution in [3.63, 3.8) is 0 Å². The van der Waals surface area contributed by atoms with Crippen LogP contribution in [0.4, 0.5) is 5.69 Å². The van der Waals surface area contributed by atoms with Gasteiger partial charge < -0.3 is 5.32 Å². The van der Waals surface area contributed by atoms with Gasteiger partial charge in [0.2, 0.25) is 5.91 Å². The van der Waals surface area contributed by atoms with Crippen molar-refractivity contribution in [3.8, 4) is 0 Å². The fourth-order valence-corrected chi connectivity index (χ4v) is 2.88. The Hall–Kier alpha value is -2.37. The molecule has 1 N–H and O–H groups in total. The lowest BCUT2D eigenvalue weighted by Crippen LogP contribution is -2.31. The third kappa shape index (κ3) is 3.27. The molecular weight excluding hydrogens is 349 g/mol. The summed E-state index contributed by atoms with van der Waals surface area (Å²) in [6, 6.07) is 11.0. The van der Waals surface area contributed by atoms with Crippen LogP contribution in [0.25, 0.3) is 10.9 Å². The van der Waals surface area contributed by atoms with E-state index in [-0.39, 0.29) is 11.5 Å². The Morgan fingerprint density at radius 1 is 1.17 bits per heavy atom. The Morgan fingerprint density at radius 3 is 2.54 bits per heavy atom. The average molecular weight is 362 g/mol. The number of carbonyl (C=O) groups excluding carboxylic acids is 1. The SMILES string of the molecule is C[C@@H](C(=O)Nc1cc(Cl)cc(Cl)c1)n1cnc2ccccc2c1=O. The first kappa shape index (κ1) is 16.5. The van der Waals surface area contributed by atoms with E-state index in [9.17, 15) is 9.59 Å². The van der Waals surface area contributed by atoms with Crippen LogP contribution in [0.2, 0.25) is 10.0 Å². The zero-order valence-corrected chi connectivity index (χ0v) is 14.2. The first-order valence-corrected chi connectivity index (χ1v) is 7.94. The number of carbonyl (C=O) groups is 1. The van der Waals surface area contributed by atoms with Gasteiger partial charge in [-0.05, 0) is 37.3 Å². The number of benzene rings is 2. The lowest BCUT2D eigenvalue weighted by molar-refractivity contribution is -0.118. The summed E-state index contributed by atoms with van der Waals surface area (Å²) in [6.45, 7) is 1.62. The summed E-state index contributed by atoms with van der Waals surface area (Å²) >= 11 is 11.8. The lowest BCUT2D eigenvalue weighted by atomic mass is 10.2. The number of halogens is 2. The molecule has 3 rings (SSSR count). The Morgan fingerprint density at radius 2 is 1.83 bits per heavy atom. The Kier molecular flexibility index (Phi) is 4.55. The maximum absolute atomic E-state index is 12.5. The predicted octanol–water partition coefficient (Wildman–Crippen LogP) is 3.90. The highest BCUT2D eigenvalue weighted by Crippen LogP contribution is 2.23. The summed E-state index contributed by atoms with van der Waals surface area (Å²) in [4.78, 5) is 29.2. The van der Waals surface area contributed by atoms with Crippen molar-refractivity contribution in [2.75, 3.05) is 5.32 Å². The highest BCUT2D eigenvalue weighted by molar-refractivity contribution is 6.35. The highest BCUT2D eigenvalue weighted by atomic mass is 35.5. The highest BCUT2D eigenvalue weighted by Gasteiger charge is 2.18. The maximum Gasteiger partial charge on any atom is 0.261 e. The van der Waals surface area contributed by atoms with Crippen LogP contribution >= 0.6 is 23.2 Å². The van der Waals surface area contributed by atoms with E-state index in [1.807, 2.05) is 0 Å². The minimum Gasteiger partial charge on any atom is -0.324 e. The molecule has 24 heavy (non-hydrogen) atoms. The van der Waals surface area contributed by atoms with E-state index in [1.165, 1.54) is 10.9 Å². The molecule has 0 aliphatic heterocycles. The molecule has 0 aliphatic carbocycles. The summed E-state index contributed by atoms with van der Waals surface area (Å²) < 4.78 is 1.30. The molecule has 0 fully saturated rings. The fraction of sp³-hybridized carbons (Fsp3) is 0.118. The number of rotatable bonds is 3. The van der Waals surface area contributed by atoms with Crippen LogP contribution < -0.4 is 10.9 Å². The van der Waals surface area contributed by atoms with E-state index in [0.29, 0.717) is 26.6 Å². The van der Waals surface area contributed by atoms with Crippen LogP contribution in [0.3, 0.4) is 0 Å². The van der Waals surface area contributed by atoms with Gasteiger partial charge in [0.15, 0.2) is 0 Å². The van der Waals surface area contributed by atoms with E-state index >= 15 is 0 Å². The van der Waals surface area contributed by atoms with E-state index < -0.39 is 6.04 Å². The number of hydrogen-bond acceptors (Lipinski definition) is 3. The van der Waals surface area contributed by atoms with Gasteiger partial charge in [0.05, 0.1) is 17.2 Å². The normalized spacial score (nSPS) is 12.1. The molecule has 1 heterocycles. The number of nitrogens with one attached hydrogen (secondary N) is 1. The molecular formula is C17H13Cl2N3O2. The van der Waals surface area contributed by atoms with Crippen LogP contribution in [0.5, 0.6) is 0 Å². The third-order valence-electron chi connectivity index (χ3n) is 3.62. The molecule has 1 amide bonds. The van der Waals surface area contributed by atoms with E-state index in [2.05, 4.69) is 10.3 Å². The largest absolute Gasteiger partial charge is 0.324 e. The monoisotopic (exact) mass is 361 g/mol. The Labute approximate surface area is 147 Å². The van der Waals surface area contributed by atoms with E-state index in [4.69, 9.17) is 23.2 Å². The molecule has 0 bridgehead atoms. The zero-order chi connectivity index (χ0) is 17.3. The zero-order valence-electron chi connectivity index (χ0n) is 12.7. The van der Waals surface area contributed by atoms with Crippen molar-refractivity contribution in [2.45, 2.75) is 13.0 Å². The quantitative estimate of drug-likeness (QED) is 0.769. The molecule has 0 unspecified atom stereocenters. The predicted molar refractivity (Wildman–Crippen MR) is 95.8 cm³/mol. The number of fused-ring (bicyclic) bond motifs is 1. The summed E-state index contributed by atoms with van der Waals surface area (Å²) in [7, 11) is 0. The van der Waals surface area contributed by atoms with Gasteiger partial charge >= 0.3 is 0 Å². The number of amides is 1. The van der Waals surface area contributed by atoms with Gasteiger partial charge in [-0.15, -0.1) is 0 Å². The van der Waals surface area contributed by atoms with Gasteiger partial charge in [-0.1, -0.05) is 35.3 Å². The maximum atomic E-state index is 12.5. The molecule has 0 spiro atoms. The first-order valence-electron chi connectivity index (χ1n) is 7.18. The summed E-state index contributed by atoms with van der Waals surface area (Å²) in [6.07, 6.45) is 1.37. The molecule has 3 aromatic rings. The summed E-state index contributed by atoms with van der Waals surface area (Å²) in [5.41, 5.74) is 0.784. The Bertz CT molecular complexity index is 965. The van der Waals surface area contributed by atoms with Crippen LogP contribution in [-0.2, 0) is 4.79 Å². The van der Waals surface area contributed by atoms with Crippen molar-refractivity contribution in [1.29, 1.82) is 0 Å². The molecule has 0 saturated carbocycles. The molecule has 0 aliphatic rings. The number of nitrogens with zero attached hydrogens (tertiary/aromatic N) is 2. The minimum atomic E-state index is -0.743. The summed E-state index contributed by atoms with van der Waals surface area (Å²) in [5.74, 6) is -0.368. The second kappa shape index (κ2) is 6.63. The van der Waals surface area contributed by atoms with Crippen molar-refractivity contribution in [2.24, 2.45) is 0 Å². The van der Waals surface area contributed by atoms with Gasteiger partial charge in [-0.3, -0.25) is 14.2 Å². The molecule has 0 saturated heterocycles. The summed E-state index contributed by atoms with van der Waals surface area (Å²) in [5, 5.41) is 3.99. The molecule has 1 atom stereocenters. The second-order valence-corrected chi connectivity index (χ2v) is 6.17. The lowest BCUT2D eigenvalue weighted by Gasteiger charge is -2.15. The van der Waals surface area contributed by atoms with Crippen LogP contribution in [0, 0.1) is 0 Å². The number of aromatic nitrogens is 2. The van der Waals surface area contributed by atoms with Gasteiger partial charge in [-0.2, -0.15) is 0 Å². The van der Waals surface area contributed by atoms with Crippen molar-refractivity contribution >= 4 is 45.7 Å². The molecule has 7 heteroatoms. The van der Waals surface area contributed by atoms with Gasteiger partial charge in [0, 0.05) is 15.7 Å². The first-order chi connectivity index (χ1) is 11.5. The van der Waals surface area contributed by atoms with E-state index in [1.54, 1.807) is 49.4 Å². The second-order valence-electron chi connectivity index (χ2n) is 5.30. The van der Waals surface area contributed by atoms with Crippen molar-refractivity contribution in [1.82, 2.24) is 9.55 Å².